The predicted molar refractivity (Wildman–Crippen MR) is 66.9 cm³/mol. The van der Waals surface area contributed by atoms with Gasteiger partial charge in [0.1, 0.15) is 0 Å². The zero-order valence-electron chi connectivity index (χ0n) is 10.0. The third kappa shape index (κ3) is 2.94. The van der Waals surface area contributed by atoms with Crippen LogP contribution in [0.4, 0.5) is 0 Å². The second kappa shape index (κ2) is 5.29. The van der Waals surface area contributed by atoms with E-state index in [0.717, 1.165) is 17.9 Å². The van der Waals surface area contributed by atoms with Gasteiger partial charge in [-0.1, -0.05) is 6.92 Å². The Morgan fingerprint density at radius 3 is 2.59 bits per heavy atom. The number of amides is 1. The molecule has 0 bridgehead atoms. The van der Waals surface area contributed by atoms with Gasteiger partial charge in [-0.15, -0.1) is 0 Å². The topological polar surface area (TPSA) is 66.4 Å². The van der Waals surface area contributed by atoms with Crippen molar-refractivity contribution in [2.24, 2.45) is 17.8 Å². The van der Waals surface area contributed by atoms with E-state index in [1.54, 1.807) is 0 Å². The highest BCUT2D eigenvalue weighted by Crippen LogP contribution is 2.36. The zero-order valence-corrected chi connectivity index (χ0v) is 10.8. The predicted octanol–water partition coefficient (Wildman–Crippen LogP) is 1.35. The molecule has 0 spiro atoms. The van der Waals surface area contributed by atoms with Crippen molar-refractivity contribution in [1.82, 2.24) is 5.32 Å². The van der Waals surface area contributed by atoms with Crippen molar-refractivity contribution in [2.45, 2.75) is 32.2 Å². The van der Waals surface area contributed by atoms with Crippen molar-refractivity contribution >= 4 is 23.6 Å². The van der Waals surface area contributed by atoms with Crippen molar-refractivity contribution in [3.05, 3.63) is 0 Å². The van der Waals surface area contributed by atoms with Crippen LogP contribution in [0.15, 0.2) is 0 Å². The van der Waals surface area contributed by atoms with E-state index in [9.17, 15) is 9.59 Å². The summed E-state index contributed by atoms with van der Waals surface area (Å²) in [6.07, 6.45) is 2.35. The highest BCUT2D eigenvalue weighted by Gasteiger charge is 2.41. The van der Waals surface area contributed by atoms with Gasteiger partial charge in [-0.3, -0.25) is 9.59 Å². The molecule has 4 unspecified atom stereocenters. The largest absolute Gasteiger partial charge is 0.481 e. The van der Waals surface area contributed by atoms with Crippen LogP contribution in [0.2, 0.25) is 0 Å². The van der Waals surface area contributed by atoms with Crippen LogP contribution in [0.1, 0.15) is 26.2 Å². The van der Waals surface area contributed by atoms with Crippen LogP contribution in [0, 0.1) is 17.8 Å². The van der Waals surface area contributed by atoms with E-state index in [4.69, 9.17) is 5.11 Å². The molecule has 2 rings (SSSR count). The molecule has 2 fully saturated rings. The number of aliphatic carboxylic acids is 1. The first-order valence-electron chi connectivity index (χ1n) is 6.19. The molecule has 0 aromatic carbocycles. The summed E-state index contributed by atoms with van der Waals surface area (Å²) in [6, 6.07) is 0.248. The average molecular weight is 257 g/mol. The monoisotopic (exact) mass is 257 g/mol. The van der Waals surface area contributed by atoms with Crippen LogP contribution < -0.4 is 5.32 Å². The van der Waals surface area contributed by atoms with E-state index in [2.05, 4.69) is 5.32 Å². The molecule has 0 aromatic rings. The van der Waals surface area contributed by atoms with Gasteiger partial charge in [-0.2, -0.15) is 11.8 Å². The molecule has 0 radical (unpaired) electrons. The van der Waals surface area contributed by atoms with Crippen LogP contribution in [0.3, 0.4) is 0 Å². The molecule has 17 heavy (non-hydrogen) atoms. The summed E-state index contributed by atoms with van der Waals surface area (Å²) in [7, 11) is 0. The first-order valence-corrected chi connectivity index (χ1v) is 7.34. The maximum atomic E-state index is 12.1. The second-order valence-corrected chi connectivity index (χ2v) is 6.35. The molecule has 2 N–H and O–H groups in total. The van der Waals surface area contributed by atoms with Gasteiger partial charge in [0.15, 0.2) is 0 Å². The summed E-state index contributed by atoms with van der Waals surface area (Å²) in [5, 5.41) is 12.1. The van der Waals surface area contributed by atoms with Crippen LogP contribution in [-0.4, -0.2) is 34.5 Å². The molecule has 96 valence electrons. The summed E-state index contributed by atoms with van der Waals surface area (Å²) in [5.41, 5.74) is 0. The highest BCUT2D eigenvalue weighted by atomic mass is 32.2. The third-order valence-electron chi connectivity index (χ3n) is 3.73. The number of carboxylic acid groups (broad SMARTS) is 1. The Balaban J connectivity index is 1.94. The maximum Gasteiger partial charge on any atom is 0.307 e. The molecule has 4 nitrogen and oxygen atoms in total. The van der Waals surface area contributed by atoms with Gasteiger partial charge >= 0.3 is 5.97 Å². The molecule has 1 saturated heterocycles. The minimum absolute atomic E-state index is 0.0470. The summed E-state index contributed by atoms with van der Waals surface area (Å²) in [6.45, 7) is 2.02. The number of carbonyl (C=O) groups is 2. The van der Waals surface area contributed by atoms with Gasteiger partial charge in [-0.05, 0) is 30.9 Å². The van der Waals surface area contributed by atoms with Gasteiger partial charge in [0, 0.05) is 11.8 Å². The maximum absolute atomic E-state index is 12.1. The van der Waals surface area contributed by atoms with Gasteiger partial charge < -0.3 is 10.4 Å². The second-order valence-electron chi connectivity index (χ2n) is 5.20. The van der Waals surface area contributed by atoms with Crippen LogP contribution in [0.25, 0.3) is 0 Å². The summed E-state index contributed by atoms with van der Waals surface area (Å²) in [5.74, 6) is 0.710. The Labute approximate surface area is 106 Å². The van der Waals surface area contributed by atoms with Gasteiger partial charge in [-0.25, -0.2) is 0 Å². The number of hydrogen-bond acceptors (Lipinski definition) is 3. The molecule has 5 heteroatoms. The quantitative estimate of drug-likeness (QED) is 0.801. The molecule has 1 amide bonds. The molecular formula is C12H19NO3S. The van der Waals surface area contributed by atoms with Crippen molar-refractivity contribution in [3.63, 3.8) is 0 Å². The molecular weight excluding hydrogens is 238 g/mol. The molecule has 0 aromatic heterocycles. The first kappa shape index (κ1) is 12.7. The van der Waals surface area contributed by atoms with E-state index in [1.807, 2.05) is 18.7 Å². The lowest BCUT2D eigenvalue weighted by Gasteiger charge is -2.18. The van der Waals surface area contributed by atoms with Gasteiger partial charge in [0.05, 0.1) is 11.8 Å². The average Bonchev–Trinajstić information content (AvgIpc) is 2.86. The van der Waals surface area contributed by atoms with E-state index in [0.29, 0.717) is 18.8 Å². The summed E-state index contributed by atoms with van der Waals surface area (Å²) < 4.78 is 0. The number of carbonyl (C=O) groups excluding carboxylic acids is 1. The van der Waals surface area contributed by atoms with Crippen LogP contribution in [-0.2, 0) is 9.59 Å². The standard InChI is InChI=1S/C12H19NO3S/c1-7-4-9(10(5-7)12(15)16)11(14)13-8-2-3-17-6-8/h7-10H,2-6H2,1H3,(H,13,14)(H,15,16). The highest BCUT2D eigenvalue weighted by molar-refractivity contribution is 7.99. The first-order chi connectivity index (χ1) is 8.08. The normalized spacial score (nSPS) is 37.0. The third-order valence-corrected chi connectivity index (χ3v) is 4.89. The Morgan fingerprint density at radius 1 is 1.29 bits per heavy atom. The van der Waals surface area contributed by atoms with Gasteiger partial charge in [0.25, 0.3) is 0 Å². The number of hydrogen-bond donors (Lipinski definition) is 2. The molecule has 2 aliphatic rings. The minimum atomic E-state index is -0.824. The fraction of sp³-hybridized carbons (Fsp3) is 0.833. The smallest absolute Gasteiger partial charge is 0.307 e. The zero-order chi connectivity index (χ0) is 12.4. The lowest BCUT2D eigenvalue weighted by Crippen LogP contribution is -2.41. The number of carboxylic acids is 1. The molecule has 1 aliphatic heterocycles. The Hall–Kier alpha value is -0.710. The van der Waals surface area contributed by atoms with Crippen molar-refractivity contribution in [1.29, 1.82) is 0 Å². The fourth-order valence-corrected chi connectivity index (χ4v) is 3.96. The number of thioether (sulfide) groups is 1. The van der Waals surface area contributed by atoms with E-state index in [1.165, 1.54) is 0 Å². The summed E-state index contributed by atoms with van der Waals surface area (Å²) >= 11 is 1.84. The van der Waals surface area contributed by atoms with Gasteiger partial charge in [0.2, 0.25) is 5.91 Å². The van der Waals surface area contributed by atoms with Crippen LogP contribution in [0.5, 0.6) is 0 Å². The van der Waals surface area contributed by atoms with E-state index in [-0.39, 0.29) is 17.9 Å². The van der Waals surface area contributed by atoms with E-state index < -0.39 is 11.9 Å². The Bertz CT molecular complexity index is 315. The van der Waals surface area contributed by atoms with Crippen molar-refractivity contribution in [3.8, 4) is 0 Å². The Kier molecular flexibility index (Phi) is 3.97. The molecule has 1 aliphatic carbocycles. The molecule has 4 atom stereocenters. The summed E-state index contributed by atoms with van der Waals surface area (Å²) in [4.78, 5) is 23.2. The number of rotatable bonds is 3. The van der Waals surface area contributed by atoms with Crippen molar-refractivity contribution in [2.75, 3.05) is 11.5 Å². The Morgan fingerprint density at radius 2 is 2.00 bits per heavy atom. The molecule has 1 heterocycles. The fourth-order valence-electron chi connectivity index (χ4n) is 2.81. The molecule has 1 saturated carbocycles. The van der Waals surface area contributed by atoms with Crippen LogP contribution >= 0.6 is 11.8 Å². The lowest BCUT2D eigenvalue weighted by molar-refractivity contribution is -0.146. The SMILES string of the molecule is CC1CC(C(=O)O)C(C(=O)NC2CCSC2)C1. The van der Waals surface area contributed by atoms with E-state index >= 15 is 0 Å². The number of nitrogens with one attached hydrogen (secondary N) is 1. The minimum Gasteiger partial charge on any atom is -0.481 e. The van der Waals surface area contributed by atoms with Crippen molar-refractivity contribution < 1.29 is 14.7 Å². The lowest BCUT2D eigenvalue weighted by atomic mass is 9.95.